The van der Waals surface area contributed by atoms with Gasteiger partial charge in [-0.15, -0.1) is 0 Å². The van der Waals surface area contributed by atoms with Crippen molar-refractivity contribution < 1.29 is 4.74 Å². The van der Waals surface area contributed by atoms with Crippen LogP contribution in [0, 0.1) is 5.92 Å². The van der Waals surface area contributed by atoms with E-state index < -0.39 is 0 Å². The molecule has 2 nitrogen and oxygen atoms in total. The fourth-order valence-electron chi connectivity index (χ4n) is 3.36. The van der Waals surface area contributed by atoms with Gasteiger partial charge in [-0.25, -0.2) is 0 Å². The summed E-state index contributed by atoms with van der Waals surface area (Å²) in [6.07, 6.45) is 15.2. The molecule has 0 aromatic rings. The molecule has 120 valence electrons. The molecular formula is C18H37NO. The number of unbranched alkanes of at least 4 members (excludes halogenated alkanes) is 5. The van der Waals surface area contributed by atoms with Crippen LogP contribution in [0.2, 0.25) is 0 Å². The summed E-state index contributed by atoms with van der Waals surface area (Å²) in [5.41, 5.74) is 0. The Morgan fingerprint density at radius 2 is 1.65 bits per heavy atom. The van der Waals surface area contributed by atoms with Gasteiger partial charge in [-0.1, -0.05) is 65.2 Å². The lowest BCUT2D eigenvalue weighted by Crippen LogP contribution is -2.41. The summed E-state index contributed by atoms with van der Waals surface area (Å²) in [5.74, 6) is 0.855. The molecule has 0 aromatic heterocycles. The van der Waals surface area contributed by atoms with E-state index in [4.69, 9.17) is 4.74 Å². The third-order valence-corrected chi connectivity index (χ3v) is 4.62. The van der Waals surface area contributed by atoms with Crippen molar-refractivity contribution in [1.29, 1.82) is 0 Å². The highest BCUT2D eigenvalue weighted by atomic mass is 16.5. The highest BCUT2D eigenvalue weighted by molar-refractivity contribution is 4.78. The van der Waals surface area contributed by atoms with E-state index in [2.05, 4.69) is 19.2 Å². The number of hydrogen-bond donors (Lipinski definition) is 1. The predicted octanol–water partition coefficient (Wildman–Crippen LogP) is 4.92. The first-order valence-electron chi connectivity index (χ1n) is 9.19. The van der Waals surface area contributed by atoms with Crippen LogP contribution in [-0.4, -0.2) is 25.8 Å². The molecule has 1 rings (SSSR count). The van der Waals surface area contributed by atoms with E-state index in [9.17, 15) is 0 Å². The van der Waals surface area contributed by atoms with Gasteiger partial charge in [0.25, 0.3) is 0 Å². The van der Waals surface area contributed by atoms with Crippen LogP contribution in [0.15, 0.2) is 0 Å². The minimum Gasteiger partial charge on any atom is -0.380 e. The zero-order chi connectivity index (χ0) is 14.5. The zero-order valence-corrected chi connectivity index (χ0v) is 14.0. The topological polar surface area (TPSA) is 21.3 Å². The fourth-order valence-corrected chi connectivity index (χ4v) is 3.36. The quantitative estimate of drug-likeness (QED) is 0.513. The molecule has 0 heterocycles. The van der Waals surface area contributed by atoms with E-state index in [1.54, 1.807) is 0 Å². The molecule has 0 bridgehead atoms. The summed E-state index contributed by atoms with van der Waals surface area (Å²) in [7, 11) is 0. The molecule has 1 aliphatic rings. The molecule has 0 radical (unpaired) electrons. The first-order valence-corrected chi connectivity index (χ1v) is 9.19. The van der Waals surface area contributed by atoms with Crippen molar-refractivity contribution in [3.8, 4) is 0 Å². The molecule has 0 spiro atoms. The molecule has 1 unspecified atom stereocenters. The zero-order valence-electron chi connectivity index (χ0n) is 14.0. The van der Waals surface area contributed by atoms with Crippen LogP contribution < -0.4 is 5.32 Å². The van der Waals surface area contributed by atoms with Crippen molar-refractivity contribution in [3.63, 3.8) is 0 Å². The van der Waals surface area contributed by atoms with Gasteiger partial charge in [0.05, 0.1) is 6.61 Å². The summed E-state index contributed by atoms with van der Waals surface area (Å²) < 4.78 is 5.95. The molecule has 1 aliphatic carbocycles. The Morgan fingerprint density at radius 3 is 2.35 bits per heavy atom. The Kier molecular flexibility index (Phi) is 11.4. The van der Waals surface area contributed by atoms with E-state index in [1.165, 1.54) is 70.6 Å². The lowest BCUT2D eigenvalue weighted by molar-refractivity contribution is 0.0822. The third kappa shape index (κ3) is 8.26. The largest absolute Gasteiger partial charge is 0.380 e. The molecule has 0 aromatic carbocycles. The van der Waals surface area contributed by atoms with Crippen LogP contribution in [-0.2, 0) is 4.74 Å². The lowest BCUT2D eigenvalue weighted by Gasteiger charge is -2.30. The molecule has 20 heavy (non-hydrogen) atoms. The Balaban J connectivity index is 2.03. The molecule has 2 heteroatoms. The number of rotatable bonds is 12. The Hall–Kier alpha value is -0.0800. The Morgan fingerprint density at radius 1 is 0.950 bits per heavy atom. The van der Waals surface area contributed by atoms with Gasteiger partial charge in [0.2, 0.25) is 0 Å². The highest BCUT2D eigenvalue weighted by Gasteiger charge is 2.22. The SMILES string of the molecule is CCCCCCCCOCC(NCC)C1CCCCC1. The molecule has 0 amide bonds. The molecule has 0 aliphatic heterocycles. The molecule has 1 saturated carbocycles. The maximum absolute atomic E-state index is 5.95. The van der Waals surface area contributed by atoms with Crippen LogP contribution in [0.4, 0.5) is 0 Å². The molecular weight excluding hydrogens is 246 g/mol. The minimum atomic E-state index is 0.598. The predicted molar refractivity (Wildman–Crippen MR) is 88.2 cm³/mol. The monoisotopic (exact) mass is 283 g/mol. The third-order valence-electron chi connectivity index (χ3n) is 4.62. The smallest absolute Gasteiger partial charge is 0.0622 e. The van der Waals surface area contributed by atoms with E-state index in [0.717, 1.165) is 25.7 Å². The van der Waals surface area contributed by atoms with Gasteiger partial charge in [0, 0.05) is 12.6 Å². The first-order chi connectivity index (χ1) is 9.88. The fraction of sp³-hybridized carbons (Fsp3) is 1.00. The maximum atomic E-state index is 5.95. The van der Waals surface area contributed by atoms with Crippen molar-refractivity contribution in [2.75, 3.05) is 19.8 Å². The summed E-state index contributed by atoms with van der Waals surface area (Å²) in [6, 6.07) is 0.598. The number of likely N-dealkylation sites (N-methyl/N-ethyl adjacent to an activating group) is 1. The minimum absolute atomic E-state index is 0.598. The van der Waals surface area contributed by atoms with Gasteiger partial charge in [0.1, 0.15) is 0 Å². The van der Waals surface area contributed by atoms with E-state index >= 15 is 0 Å². The number of nitrogens with one attached hydrogen (secondary N) is 1. The van der Waals surface area contributed by atoms with Crippen LogP contribution in [0.25, 0.3) is 0 Å². The first kappa shape index (κ1) is 18.0. The summed E-state index contributed by atoms with van der Waals surface area (Å²) >= 11 is 0. The van der Waals surface area contributed by atoms with Crippen molar-refractivity contribution in [2.45, 2.75) is 90.5 Å². The van der Waals surface area contributed by atoms with Gasteiger partial charge >= 0.3 is 0 Å². The average Bonchev–Trinajstić information content (AvgIpc) is 2.50. The molecule has 1 fully saturated rings. The second-order valence-electron chi connectivity index (χ2n) is 6.40. The van der Waals surface area contributed by atoms with Gasteiger partial charge in [-0.3, -0.25) is 0 Å². The molecule has 0 saturated heterocycles. The standard InChI is InChI=1S/C18H37NO/c1-3-5-6-7-8-12-15-20-16-18(19-4-2)17-13-10-9-11-14-17/h17-19H,3-16H2,1-2H3. The summed E-state index contributed by atoms with van der Waals surface area (Å²) in [4.78, 5) is 0. The number of hydrogen-bond acceptors (Lipinski definition) is 2. The van der Waals surface area contributed by atoms with Crippen LogP contribution >= 0.6 is 0 Å². The van der Waals surface area contributed by atoms with Crippen LogP contribution in [0.1, 0.15) is 84.5 Å². The summed E-state index contributed by atoms with van der Waals surface area (Å²) in [5, 5.41) is 3.65. The maximum Gasteiger partial charge on any atom is 0.0622 e. The van der Waals surface area contributed by atoms with E-state index in [-0.39, 0.29) is 0 Å². The Labute approximate surface area is 127 Å². The second kappa shape index (κ2) is 12.6. The van der Waals surface area contributed by atoms with Crippen LogP contribution in [0.5, 0.6) is 0 Å². The van der Waals surface area contributed by atoms with Crippen molar-refractivity contribution in [1.82, 2.24) is 5.32 Å². The van der Waals surface area contributed by atoms with Gasteiger partial charge < -0.3 is 10.1 Å². The molecule has 1 N–H and O–H groups in total. The van der Waals surface area contributed by atoms with Crippen molar-refractivity contribution in [3.05, 3.63) is 0 Å². The van der Waals surface area contributed by atoms with Gasteiger partial charge in [-0.05, 0) is 31.7 Å². The van der Waals surface area contributed by atoms with E-state index in [1.807, 2.05) is 0 Å². The van der Waals surface area contributed by atoms with Crippen molar-refractivity contribution >= 4 is 0 Å². The van der Waals surface area contributed by atoms with Gasteiger partial charge in [-0.2, -0.15) is 0 Å². The second-order valence-corrected chi connectivity index (χ2v) is 6.40. The average molecular weight is 284 g/mol. The van der Waals surface area contributed by atoms with E-state index in [0.29, 0.717) is 6.04 Å². The number of ether oxygens (including phenoxy) is 1. The highest BCUT2D eigenvalue weighted by Crippen LogP contribution is 2.26. The normalized spacial score (nSPS) is 18.3. The van der Waals surface area contributed by atoms with Crippen LogP contribution in [0.3, 0.4) is 0 Å². The Bertz CT molecular complexity index is 202. The summed E-state index contributed by atoms with van der Waals surface area (Å²) in [6.45, 7) is 7.44. The van der Waals surface area contributed by atoms with Crippen molar-refractivity contribution in [2.24, 2.45) is 5.92 Å². The lowest BCUT2D eigenvalue weighted by atomic mass is 9.84. The van der Waals surface area contributed by atoms with Gasteiger partial charge in [0.15, 0.2) is 0 Å². The molecule has 1 atom stereocenters.